The molecule has 0 radical (unpaired) electrons. The molecular formula is C16H19N3. The maximum absolute atomic E-state index is 5.77. The van der Waals surface area contributed by atoms with Gasteiger partial charge in [-0.1, -0.05) is 26.0 Å². The van der Waals surface area contributed by atoms with Crippen LogP contribution in [0.1, 0.15) is 13.8 Å². The molecule has 0 fully saturated rings. The van der Waals surface area contributed by atoms with Gasteiger partial charge in [0.05, 0.1) is 11.0 Å². The Morgan fingerprint density at radius 1 is 0.895 bits per heavy atom. The minimum absolute atomic E-state index is 0.745. The van der Waals surface area contributed by atoms with Crippen molar-refractivity contribution < 1.29 is 0 Å². The second kappa shape index (κ2) is 5.57. The van der Waals surface area contributed by atoms with Gasteiger partial charge in [-0.2, -0.15) is 0 Å². The van der Waals surface area contributed by atoms with Crippen LogP contribution in [0.15, 0.2) is 42.5 Å². The van der Waals surface area contributed by atoms with Gasteiger partial charge in [0.1, 0.15) is 0 Å². The van der Waals surface area contributed by atoms with Gasteiger partial charge < -0.3 is 11.1 Å². The molecule has 3 aromatic rings. The fourth-order valence-electron chi connectivity index (χ4n) is 1.99. The summed E-state index contributed by atoms with van der Waals surface area (Å²) >= 11 is 0. The van der Waals surface area contributed by atoms with Crippen molar-refractivity contribution in [3.63, 3.8) is 0 Å². The van der Waals surface area contributed by atoms with E-state index >= 15 is 0 Å². The molecule has 3 nitrogen and oxygen atoms in total. The summed E-state index contributed by atoms with van der Waals surface area (Å²) in [7, 11) is 1.90. The van der Waals surface area contributed by atoms with Gasteiger partial charge >= 0.3 is 0 Å². The molecule has 0 aliphatic heterocycles. The second-order valence-electron chi connectivity index (χ2n) is 4.10. The number of aromatic nitrogens is 1. The molecule has 0 unspecified atom stereocenters. The van der Waals surface area contributed by atoms with Crippen LogP contribution in [0.2, 0.25) is 0 Å². The molecule has 0 aliphatic carbocycles. The summed E-state index contributed by atoms with van der Waals surface area (Å²) in [4.78, 5) is 4.63. The monoisotopic (exact) mass is 253 g/mol. The Hall–Kier alpha value is -2.29. The first-order chi connectivity index (χ1) is 9.26. The lowest BCUT2D eigenvalue weighted by Gasteiger charge is -2.05. The Balaban J connectivity index is 0.000000637. The lowest BCUT2D eigenvalue weighted by atomic mass is 10.1. The lowest BCUT2D eigenvalue weighted by molar-refractivity contribution is 1.47. The van der Waals surface area contributed by atoms with Gasteiger partial charge in [-0.3, -0.25) is 0 Å². The zero-order valence-corrected chi connectivity index (χ0v) is 11.6. The molecule has 0 saturated carbocycles. The minimum Gasteiger partial charge on any atom is -0.399 e. The molecule has 0 bridgehead atoms. The van der Waals surface area contributed by atoms with Crippen molar-refractivity contribution in [2.24, 2.45) is 0 Å². The fraction of sp³-hybridized carbons (Fsp3) is 0.188. The number of anilines is 2. The Kier molecular flexibility index (Phi) is 3.85. The quantitative estimate of drug-likeness (QED) is 0.508. The molecule has 0 amide bonds. The highest BCUT2D eigenvalue weighted by molar-refractivity contribution is 5.94. The molecule has 0 aliphatic rings. The van der Waals surface area contributed by atoms with Crippen molar-refractivity contribution in [1.29, 1.82) is 0 Å². The van der Waals surface area contributed by atoms with E-state index in [1.165, 1.54) is 0 Å². The van der Waals surface area contributed by atoms with Crippen LogP contribution in [0.25, 0.3) is 21.8 Å². The van der Waals surface area contributed by atoms with Gasteiger partial charge in [0, 0.05) is 29.2 Å². The van der Waals surface area contributed by atoms with E-state index in [2.05, 4.69) is 22.4 Å². The maximum Gasteiger partial charge on any atom is 0.0730 e. The highest BCUT2D eigenvalue weighted by Gasteiger charge is 2.01. The predicted octanol–water partition coefficient (Wildman–Crippen LogP) is 4.04. The first kappa shape index (κ1) is 13.1. The Labute approximate surface area is 113 Å². The molecule has 1 aromatic heterocycles. The van der Waals surface area contributed by atoms with Crippen molar-refractivity contribution in [3.8, 4) is 0 Å². The number of fused-ring (bicyclic) bond motifs is 2. The van der Waals surface area contributed by atoms with E-state index in [4.69, 9.17) is 5.73 Å². The third-order valence-corrected chi connectivity index (χ3v) is 2.93. The molecule has 0 spiro atoms. The molecule has 19 heavy (non-hydrogen) atoms. The number of hydrogen-bond acceptors (Lipinski definition) is 3. The molecule has 0 atom stereocenters. The third kappa shape index (κ3) is 2.60. The third-order valence-electron chi connectivity index (χ3n) is 2.93. The first-order valence-electron chi connectivity index (χ1n) is 6.54. The number of nitrogen functional groups attached to an aromatic ring is 1. The summed E-state index contributed by atoms with van der Waals surface area (Å²) in [6.45, 7) is 4.00. The van der Waals surface area contributed by atoms with E-state index in [0.29, 0.717) is 0 Å². The summed E-state index contributed by atoms with van der Waals surface area (Å²) in [6, 6.07) is 14.1. The van der Waals surface area contributed by atoms with Gasteiger partial charge in [0.2, 0.25) is 0 Å². The number of nitrogens with one attached hydrogen (secondary N) is 1. The van der Waals surface area contributed by atoms with Gasteiger partial charge in [0.15, 0.2) is 0 Å². The van der Waals surface area contributed by atoms with E-state index in [0.717, 1.165) is 33.2 Å². The van der Waals surface area contributed by atoms with E-state index < -0.39 is 0 Å². The van der Waals surface area contributed by atoms with E-state index in [1.54, 1.807) is 0 Å². The van der Waals surface area contributed by atoms with Crippen molar-refractivity contribution in [2.75, 3.05) is 18.1 Å². The number of nitrogens with zero attached hydrogens (tertiary/aromatic N) is 1. The smallest absolute Gasteiger partial charge is 0.0730 e. The Bertz CT molecular complexity index is 705. The van der Waals surface area contributed by atoms with Gasteiger partial charge in [-0.05, 0) is 30.3 Å². The summed E-state index contributed by atoms with van der Waals surface area (Å²) in [6.07, 6.45) is 0. The average Bonchev–Trinajstić information content (AvgIpc) is 2.46. The molecule has 0 saturated heterocycles. The van der Waals surface area contributed by atoms with Gasteiger partial charge in [0.25, 0.3) is 0 Å². The van der Waals surface area contributed by atoms with Crippen LogP contribution in [0.3, 0.4) is 0 Å². The molecule has 3 N–H and O–H groups in total. The van der Waals surface area contributed by atoms with Crippen LogP contribution in [0.5, 0.6) is 0 Å². The Morgan fingerprint density at radius 3 is 2.21 bits per heavy atom. The summed E-state index contributed by atoms with van der Waals surface area (Å²) in [5, 5.41) is 5.37. The van der Waals surface area contributed by atoms with Crippen LogP contribution in [0.4, 0.5) is 11.4 Å². The minimum atomic E-state index is 0.745. The van der Waals surface area contributed by atoms with Crippen molar-refractivity contribution in [2.45, 2.75) is 13.8 Å². The molecule has 98 valence electrons. The largest absolute Gasteiger partial charge is 0.399 e. The van der Waals surface area contributed by atoms with E-state index in [-0.39, 0.29) is 0 Å². The highest BCUT2D eigenvalue weighted by atomic mass is 14.8. The van der Waals surface area contributed by atoms with Gasteiger partial charge in [-0.15, -0.1) is 0 Å². The topological polar surface area (TPSA) is 50.9 Å². The predicted molar refractivity (Wildman–Crippen MR) is 84.6 cm³/mol. The van der Waals surface area contributed by atoms with Crippen molar-refractivity contribution in [3.05, 3.63) is 42.5 Å². The summed E-state index contributed by atoms with van der Waals surface area (Å²) in [5.74, 6) is 0. The average molecular weight is 253 g/mol. The Morgan fingerprint density at radius 2 is 1.53 bits per heavy atom. The van der Waals surface area contributed by atoms with Crippen molar-refractivity contribution >= 4 is 33.2 Å². The zero-order chi connectivity index (χ0) is 13.8. The fourth-order valence-corrected chi connectivity index (χ4v) is 1.99. The van der Waals surface area contributed by atoms with Crippen LogP contribution in [-0.2, 0) is 0 Å². The molecular weight excluding hydrogens is 234 g/mol. The normalized spacial score (nSPS) is 10.1. The van der Waals surface area contributed by atoms with E-state index in [9.17, 15) is 0 Å². The lowest BCUT2D eigenvalue weighted by Crippen LogP contribution is -1.90. The highest BCUT2D eigenvalue weighted by Crippen LogP contribution is 2.23. The number of benzene rings is 2. The molecule has 2 aromatic carbocycles. The van der Waals surface area contributed by atoms with Crippen LogP contribution >= 0.6 is 0 Å². The number of rotatable bonds is 1. The van der Waals surface area contributed by atoms with Crippen LogP contribution < -0.4 is 11.1 Å². The SMILES string of the molecule is CC.CNc1ccc2cc3ccc(N)cc3nc2c1. The standard InChI is InChI=1S/C14H13N3.C2H6/c1-16-12-5-3-10-6-9-2-4-11(15)7-13(9)17-14(10)8-12;1-2/h2-8,16H,15H2,1H3;1-2H3. The van der Waals surface area contributed by atoms with Crippen LogP contribution in [-0.4, -0.2) is 12.0 Å². The maximum atomic E-state index is 5.77. The second-order valence-corrected chi connectivity index (χ2v) is 4.10. The number of hydrogen-bond donors (Lipinski definition) is 2. The number of nitrogens with two attached hydrogens (primary N) is 1. The van der Waals surface area contributed by atoms with Gasteiger partial charge in [-0.25, -0.2) is 4.98 Å². The molecule has 3 rings (SSSR count). The van der Waals surface area contributed by atoms with Crippen LogP contribution in [0, 0.1) is 0 Å². The summed E-state index contributed by atoms with van der Waals surface area (Å²) < 4.78 is 0. The van der Waals surface area contributed by atoms with Crippen molar-refractivity contribution in [1.82, 2.24) is 4.98 Å². The first-order valence-corrected chi connectivity index (χ1v) is 6.54. The zero-order valence-electron chi connectivity index (χ0n) is 11.6. The molecule has 3 heteroatoms. The summed E-state index contributed by atoms with van der Waals surface area (Å²) in [5.41, 5.74) is 9.50. The molecule has 1 heterocycles. The van der Waals surface area contributed by atoms with E-state index in [1.807, 2.05) is 51.2 Å². The number of pyridine rings is 1.